The summed E-state index contributed by atoms with van der Waals surface area (Å²) in [6, 6.07) is 31.9. The third kappa shape index (κ3) is 5.90. The average molecular weight is 483 g/mol. The fourth-order valence-corrected chi connectivity index (χ4v) is 7.45. The predicted octanol–water partition coefficient (Wildman–Crippen LogP) is 1.88. The van der Waals surface area contributed by atoms with Crippen LogP contribution in [-0.2, 0) is 9.53 Å². The summed E-state index contributed by atoms with van der Waals surface area (Å²) < 4.78 is 5.46. The molecule has 156 valence electrons. The first-order valence-electron chi connectivity index (χ1n) is 9.86. The Bertz CT molecular complexity index is 852. The van der Waals surface area contributed by atoms with Crippen LogP contribution in [0.5, 0.6) is 0 Å². The van der Waals surface area contributed by atoms with Crippen LogP contribution in [0.25, 0.3) is 0 Å². The number of hydrogen-bond acceptors (Lipinski definition) is 2. The number of carbonyl (C=O) groups is 1. The van der Waals surface area contributed by atoms with Gasteiger partial charge in [0.25, 0.3) is 0 Å². The molecule has 30 heavy (non-hydrogen) atoms. The normalized spacial score (nSPS) is 11.7. The summed E-state index contributed by atoms with van der Waals surface area (Å²) in [5.74, 6) is -0.301. The van der Waals surface area contributed by atoms with Gasteiger partial charge >= 0.3 is 5.97 Å². The Hall–Kier alpha value is -2.22. The third-order valence-corrected chi connectivity index (χ3v) is 8.93. The second-order valence-electron chi connectivity index (χ2n) is 7.93. The van der Waals surface area contributed by atoms with E-state index in [0.717, 1.165) is 6.16 Å². The molecule has 2 nitrogen and oxygen atoms in total. The van der Waals surface area contributed by atoms with E-state index in [1.54, 1.807) is 6.08 Å². The predicted molar refractivity (Wildman–Crippen MR) is 125 cm³/mol. The number of halogens is 1. The number of hydrogen-bond donors (Lipinski definition) is 0. The minimum Gasteiger partial charge on any atom is -1.00 e. The number of carbonyl (C=O) groups excluding carboxylic acids is 1. The summed E-state index contributed by atoms with van der Waals surface area (Å²) in [6.07, 6.45) is 4.31. The minimum absolute atomic E-state index is 0. The maximum atomic E-state index is 12.3. The highest BCUT2D eigenvalue weighted by atomic mass is 79.9. The van der Waals surface area contributed by atoms with Crippen molar-refractivity contribution in [3.63, 3.8) is 0 Å². The van der Waals surface area contributed by atoms with Gasteiger partial charge in [-0.05, 0) is 63.2 Å². The summed E-state index contributed by atoms with van der Waals surface area (Å²) in [5, 5.41) is 3.89. The molecule has 0 atom stereocenters. The largest absolute Gasteiger partial charge is 1.00 e. The van der Waals surface area contributed by atoms with Crippen LogP contribution in [-0.4, -0.2) is 17.7 Å². The van der Waals surface area contributed by atoms with Crippen LogP contribution in [0.15, 0.2) is 103 Å². The second kappa shape index (κ2) is 10.7. The molecule has 0 aliphatic rings. The second-order valence-corrected chi connectivity index (χ2v) is 11.5. The number of ether oxygens (including phenoxy) is 1. The molecule has 0 unspecified atom stereocenters. The lowest BCUT2D eigenvalue weighted by Crippen LogP contribution is -3.00. The van der Waals surface area contributed by atoms with Crippen LogP contribution in [0.3, 0.4) is 0 Å². The maximum absolute atomic E-state index is 12.3. The Kier molecular flexibility index (Phi) is 8.58. The SMILES string of the molecule is CC(C)(C)OC(=O)C=CC[P+](c1ccccc1)(c1ccccc1)c1ccccc1.[Br-]. The van der Waals surface area contributed by atoms with Gasteiger partial charge in [-0.2, -0.15) is 0 Å². The summed E-state index contributed by atoms with van der Waals surface area (Å²) in [7, 11) is -1.96. The molecule has 0 fully saturated rings. The Morgan fingerprint density at radius 3 is 1.47 bits per heavy atom. The Labute approximate surface area is 191 Å². The molecule has 0 bridgehead atoms. The first-order chi connectivity index (χ1) is 13.9. The minimum atomic E-state index is -1.96. The molecule has 3 rings (SSSR count). The first-order valence-corrected chi connectivity index (χ1v) is 11.8. The highest BCUT2D eigenvalue weighted by molar-refractivity contribution is 7.95. The molecule has 0 aliphatic heterocycles. The van der Waals surface area contributed by atoms with Crippen molar-refractivity contribution in [2.45, 2.75) is 26.4 Å². The summed E-state index contributed by atoms with van der Waals surface area (Å²) in [5.41, 5.74) is -0.494. The van der Waals surface area contributed by atoms with Crippen LogP contribution < -0.4 is 32.9 Å². The van der Waals surface area contributed by atoms with E-state index in [0.29, 0.717) is 0 Å². The van der Waals surface area contributed by atoms with E-state index in [1.165, 1.54) is 15.9 Å². The van der Waals surface area contributed by atoms with E-state index in [4.69, 9.17) is 4.74 Å². The van der Waals surface area contributed by atoms with Crippen molar-refractivity contribution in [3.8, 4) is 0 Å². The van der Waals surface area contributed by atoms with E-state index < -0.39 is 12.9 Å². The topological polar surface area (TPSA) is 26.3 Å². The quantitative estimate of drug-likeness (QED) is 0.304. The molecule has 0 spiro atoms. The van der Waals surface area contributed by atoms with Crippen molar-refractivity contribution < 1.29 is 26.5 Å². The third-order valence-electron chi connectivity index (χ3n) is 4.63. The molecular formula is C26H28BrO2P. The zero-order chi connectivity index (χ0) is 20.7. The molecule has 0 aliphatic carbocycles. The number of rotatable bonds is 6. The lowest BCUT2D eigenvalue weighted by Gasteiger charge is -2.26. The van der Waals surface area contributed by atoms with Crippen molar-refractivity contribution >= 4 is 29.1 Å². The number of allylic oxidation sites excluding steroid dienone is 1. The van der Waals surface area contributed by atoms with Crippen molar-refractivity contribution in [1.82, 2.24) is 0 Å². The lowest BCUT2D eigenvalue weighted by atomic mass is 10.2. The van der Waals surface area contributed by atoms with Crippen LogP contribution in [0.4, 0.5) is 0 Å². The number of benzene rings is 3. The van der Waals surface area contributed by atoms with E-state index in [-0.39, 0.29) is 23.0 Å². The molecule has 3 aromatic carbocycles. The Balaban J connectivity index is 0.00000320. The van der Waals surface area contributed by atoms with Gasteiger partial charge in [0.1, 0.15) is 28.8 Å². The Morgan fingerprint density at radius 2 is 1.13 bits per heavy atom. The van der Waals surface area contributed by atoms with Crippen molar-refractivity contribution in [2.75, 3.05) is 6.16 Å². The fraction of sp³-hybridized carbons (Fsp3) is 0.192. The Morgan fingerprint density at radius 1 is 0.767 bits per heavy atom. The van der Waals surface area contributed by atoms with Gasteiger partial charge in [0.15, 0.2) is 0 Å². The smallest absolute Gasteiger partial charge is 0.331 e. The monoisotopic (exact) mass is 482 g/mol. The van der Waals surface area contributed by atoms with Gasteiger partial charge in [-0.25, -0.2) is 4.79 Å². The molecule has 4 heteroatoms. The molecule has 0 heterocycles. The standard InChI is InChI=1S/C26H28O2P.BrH/c1-26(2,3)28-25(27)20-13-21-29(22-14-7-4-8-15-22,23-16-9-5-10-17-23)24-18-11-6-12-19-24;/h4-20H,21H2,1-3H3;1H/q+1;/p-1. The molecular weight excluding hydrogens is 455 g/mol. The van der Waals surface area contributed by atoms with E-state index in [1.807, 2.05) is 45.0 Å². The van der Waals surface area contributed by atoms with Gasteiger partial charge in [-0.3, -0.25) is 0 Å². The first kappa shape index (κ1) is 24.1. The van der Waals surface area contributed by atoms with Crippen LogP contribution in [0.2, 0.25) is 0 Å². The molecule has 0 saturated carbocycles. The van der Waals surface area contributed by atoms with Gasteiger partial charge in [0, 0.05) is 6.08 Å². The van der Waals surface area contributed by atoms with Gasteiger partial charge in [-0.15, -0.1) is 0 Å². The van der Waals surface area contributed by atoms with Crippen molar-refractivity contribution in [3.05, 3.63) is 103 Å². The molecule has 0 radical (unpaired) electrons. The van der Waals surface area contributed by atoms with Gasteiger partial charge < -0.3 is 21.7 Å². The van der Waals surface area contributed by atoms with Crippen LogP contribution >= 0.6 is 7.26 Å². The summed E-state index contributed by atoms with van der Waals surface area (Å²) in [6.45, 7) is 5.65. The summed E-state index contributed by atoms with van der Waals surface area (Å²) >= 11 is 0. The zero-order valence-electron chi connectivity index (χ0n) is 17.7. The average Bonchev–Trinajstić information content (AvgIpc) is 2.72. The molecule has 0 saturated heterocycles. The highest BCUT2D eigenvalue weighted by Gasteiger charge is 2.44. The lowest BCUT2D eigenvalue weighted by molar-refractivity contribution is -0.148. The van der Waals surface area contributed by atoms with Gasteiger partial charge in [-0.1, -0.05) is 54.6 Å². The molecule has 0 aromatic heterocycles. The molecule has 0 amide bonds. The van der Waals surface area contributed by atoms with Gasteiger partial charge in [0.2, 0.25) is 0 Å². The zero-order valence-corrected chi connectivity index (χ0v) is 20.1. The van der Waals surface area contributed by atoms with E-state index in [9.17, 15) is 4.79 Å². The maximum Gasteiger partial charge on any atom is 0.331 e. The molecule has 0 N–H and O–H groups in total. The van der Waals surface area contributed by atoms with Crippen molar-refractivity contribution in [1.29, 1.82) is 0 Å². The van der Waals surface area contributed by atoms with E-state index in [2.05, 4.69) is 72.8 Å². The van der Waals surface area contributed by atoms with Crippen molar-refractivity contribution in [2.24, 2.45) is 0 Å². The molecule has 3 aromatic rings. The van der Waals surface area contributed by atoms with E-state index >= 15 is 0 Å². The number of esters is 1. The summed E-state index contributed by atoms with van der Waals surface area (Å²) in [4.78, 5) is 12.3. The van der Waals surface area contributed by atoms with Crippen LogP contribution in [0, 0.1) is 0 Å². The fourth-order valence-electron chi connectivity index (χ4n) is 3.45. The highest BCUT2D eigenvalue weighted by Crippen LogP contribution is 2.55. The van der Waals surface area contributed by atoms with Crippen LogP contribution in [0.1, 0.15) is 20.8 Å². The van der Waals surface area contributed by atoms with Gasteiger partial charge in [0.05, 0.1) is 6.16 Å².